The Kier molecular flexibility index (Phi) is 5.04. The van der Waals surface area contributed by atoms with Crippen LogP contribution in [0.5, 0.6) is 5.75 Å². The molecule has 4 amide bonds. The number of urea groups is 1. The normalized spacial score (nSPS) is 20.3. The molecule has 4 rings (SSSR count). The summed E-state index contributed by atoms with van der Waals surface area (Å²) in [5.74, 6) is -1.25. The average Bonchev–Trinajstić information content (AvgIpc) is 2.94. The molecular formula is C20H15ClF3N3O4. The molecule has 0 aliphatic carbocycles. The van der Waals surface area contributed by atoms with Crippen LogP contribution in [0.3, 0.4) is 0 Å². The van der Waals surface area contributed by atoms with Crippen LogP contribution in [0.4, 0.5) is 23.7 Å². The number of carbonyl (C=O) groups is 3. The second-order valence-electron chi connectivity index (χ2n) is 7.03. The van der Waals surface area contributed by atoms with Crippen molar-refractivity contribution in [1.82, 2.24) is 10.2 Å². The smallest absolute Gasteiger partial charge is 0.418 e. The number of amides is 4. The Labute approximate surface area is 179 Å². The van der Waals surface area contributed by atoms with Gasteiger partial charge in [-0.25, -0.2) is 4.79 Å². The number of hydrogen-bond donors (Lipinski definition) is 2. The molecule has 31 heavy (non-hydrogen) atoms. The lowest BCUT2D eigenvalue weighted by molar-refractivity contribution is -0.137. The van der Waals surface area contributed by atoms with Crippen molar-refractivity contribution >= 4 is 35.1 Å². The Morgan fingerprint density at radius 3 is 2.68 bits per heavy atom. The number of rotatable bonds is 3. The second kappa shape index (κ2) is 7.45. The van der Waals surface area contributed by atoms with E-state index in [1.807, 2.05) is 0 Å². The number of benzene rings is 2. The first-order chi connectivity index (χ1) is 14.6. The molecule has 1 saturated heterocycles. The van der Waals surface area contributed by atoms with Crippen molar-refractivity contribution in [1.29, 1.82) is 0 Å². The van der Waals surface area contributed by atoms with Crippen LogP contribution in [0.25, 0.3) is 0 Å². The van der Waals surface area contributed by atoms with E-state index in [0.717, 1.165) is 12.1 Å². The first-order valence-electron chi connectivity index (χ1n) is 9.15. The zero-order valence-corrected chi connectivity index (χ0v) is 16.5. The third-order valence-electron chi connectivity index (χ3n) is 5.14. The second-order valence-corrected chi connectivity index (χ2v) is 7.44. The minimum atomic E-state index is -4.76. The van der Waals surface area contributed by atoms with Gasteiger partial charge < -0.3 is 15.4 Å². The summed E-state index contributed by atoms with van der Waals surface area (Å²) >= 11 is 5.84. The first-order valence-corrected chi connectivity index (χ1v) is 9.53. The lowest BCUT2D eigenvalue weighted by Gasteiger charge is -2.33. The monoisotopic (exact) mass is 453 g/mol. The predicted octanol–water partition coefficient (Wildman–Crippen LogP) is 3.53. The maximum absolute atomic E-state index is 13.2. The molecule has 2 heterocycles. The molecule has 162 valence electrons. The molecule has 0 saturated carbocycles. The van der Waals surface area contributed by atoms with Crippen molar-refractivity contribution in [3.63, 3.8) is 0 Å². The largest absolute Gasteiger partial charge is 0.493 e. The van der Waals surface area contributed by atoms with Crippen LogP contribution in [0.2, 0.25) is 5.02 Å². The van der Waals surface area contributed by atoms with Crippen LogP contribution in [-0.4, -0.2) is 35.9 Å². The molecule has 2 aliphatic heterocycles. The summed E-state index contributed by atoms with van der Waals surface area (Å²) in [4.78, 5) is 38.8. The lowest BCUT2D eigenvalue weighted by atomic mass is 9.84. The summed E-state index contributed by atoms with van der Waals surface area (Å²) < 4.78 is 45.2. The Morgan fingerprint density at radius 2 is 1.94 bits per heavy atom. The Hall–Kier alpha value is -3.27. The molecule has 0 bridgehead atoms. The number of alkyl halides is 3. The average molecular weight is 454 g/mol. The van der Waals surface area contributed by atoms with Gasteiger partial charge >= 0.3 is 12.2 Å². The molecule has 2 N–H and O–H groups in total. The summed E-state index contributed by atoms with van der Waals surface area (Å²) in [7, 11) is 0. The van der Waals surface area contributed by atoms with Crippen molar-refractivity contribution < 1.29 is 32.3 Å². The summed E-state index contributed by atoms with van der Waals surface area (Å²) in [5, 5.41) is 4.36. The van der Waals surface area contributed by atoms with Gasteiger partial charge in [0.05, 0.1) is 22.9 Å². The number of carbonyl (C=O) groups excluding carboxylic acids is 3. The van der Waals surface area contributed by atoms with Crippen molar-refractivity contribution in [3.8, 4) is 5.75 Å². The molecule has 7 nitrogen and oxygen atoms in total. The number of fused-ring (bicyclic) bond motifs is 2. The van der Waals surface area contributed by atoms with Crippen LogP contribution in [0.1, 0.15) is 17.5 Å². The van der Waals surface area contributed by atoms with Gasteiger partial charge in [-0.05, 0) is 18.2 Å². The van der Waals surface area contributed by atoms with Gasteiger partial charge in [0, 0.05) is 12.0 Å². The Morgan fingerprint density at radius 1 is 1.19 bits per heavy atom. The van der Waals surface area contributed by atoms with Crippen LogP contribution < -0.4 is 15.4 Å². The minimum absolute atomic E-state index is 0.148. The molecule has 1 fully saturated rings. The molecule has 0 radical (unpaired) electrons. The fourth-order valence-corrected chi connectivity index (χ4v) is 3.95. The van der Waals surface area contributed by atoms with Gasteiger partial charge in [0.25, 0.3) is 5.91 Å². The standard InChI is InChI=1S/C20H15ClF3N3O4/c21-13-6-3-5-12(20(22,23)24)16(13)25-15(28)10-27-17(29)19(26-18(27)30)8-9-31-14-7-2-1-4-11(14)19/h1-7H,8-10H2,(H,25,28)(H,26,30). The predicted molar refractivity (Wildman–Crippen MR) is 104 cm³/mol. The highest BCUT2D eigenvalue weighted by atomic mass is 35.5. The van der Waals surface area contributed by atoms with Gasteiger partial charge in [-0.3, -0.25) is 14.5 Å². The molecule has 1 atom stereocenters. The summed E-state index contributed by atoms with van der Waals surface area (Å²) in [5.41, 5.74) is -2.72. The number of nitrogens with one attached hydrogen (secondary N) is 2. The third-order valence-corrected chi connectivity index (χ3v) is 5.46. The van der Waals surface area contributed by atoms with Gasteiger partial charge in [0.1, 0.15) is 12.3 Å². The molecule has 1 spiro atoms. The highest BCUT2D eigenvalue weighted by molar-refractivity contribution is 6.34. The molecule has 11 heteroatoms. The van der Waals surface area contributed by atoms with Crippen molar-refractivity contribution in [3.05, 3.63) is 58.6 Å². The molecule has 2 aromatic rings. The Balaban J connectivity index is 1.58. The van der Waals surface area contributed by atoms with Crippen LogP contribution in [-0.2, 0) is 21.3 Å². The van der Waals surface area contributed by atoms with Crippen LogP contribution in [0.15, 0.2) is 42.5 Å². The molecule has 0 aromatic heterocycles. The molecular weight excluding hydrogens is 439 g/mol. The first kappa shape index (κ1) is 21.0. The van der Waals surface area contributed by atoms with E-state index in [0.29, 0.717) is 16.2 Å². The van der Waals surface area contributed by atoms with Crippen molar-refractivity contribution in [2.75, 3.05) is 18.5 Å². The third kappa shape index (κ3) is 3.56. The van der Waals surface area contributed by atoms with Crippen LogP contribution >= 0.6 is 11.6 Å². The summed E-state index contributed by atoms with van der Waals surface area (Å²) in [6.45, 7) is -0.615. The molecule has 2 aliphatic rings. The van der Waals surface area contributed by atoms with Crippen molar-refractivity contribution in [2.45, 2.75) is 18.1 Å². The van der Waals surface area contributed by atoms with E-state index < -0.39 is 47.4 Å². The zero-order chi connectivity index (χ0) is 22.4. The van der Waals surface area contributed by atoms with Gasteiger partial charge in [0.2, 0.25) is 5.91 Å². The number of para-hydroxylation sites is 2. The van der Waals surface area contributed by atoms with Crippen molar-refractivity contribution in [2.24, 2.45) is 0 Å². The highest BCUT2D eigenvalue weighted by Gasteiger charge is 2.55. The number of hydrogen-bond acceptors (Lipinski definition) is 4. The van der Waals surface area contributed by atoms with E-state index in [1.165, 1.54) is 6.07 Å². The number of halogens is 4. The quantitative estimate of drug-likeness (QED) is 0.696. The van der Waals surface area contributed by atoms with E-state index >= 15 is 0 Å². The van der Waals surface area contributed by atoms with Gasteiger partial charge in [0.15, 0.2) is 5.54 Å². The van der Waals surface area contributed by atoms with E-state index in [-0.39, 0.29) is 18.1 Å². The van der Waals surface area contributed by atoms with E-state index in [2.05, 4.69) is 10.6 Å². The number of anilines is 1. The van der Waals surface area contributed by atoms with Crippen LogP contribution in [0, 0.1) is 0 Å². The van der Waals surface area contributed by atoms with Gasteiger partial charge in [-0.1, -0.05) is 35.9 Å². The maximum atomic E-state index is 13.2. The van der Waals surface area contributed by atoms with Gasteiger partial charge in [-0.15, -0.1) is 0 Å². The SMILES string of the molecule is O=C(CN1C(=O)NC2(CCOc3ccccc32)C1=O)Nc1c(Cl)cccc1C(F)(F)F. The zero-order valence-electron chi connectivity index (χ0n) is 15.8. The number of nitrogens with zero attached hydrogens (tertiary/aromatic N) is 1. The molecule has 2 aromatic carbocycles. The Bertz CT molecular complexity index is 1090. The van der Waals surface area contributed by atoms with E-state index in [9.17, 15) is 27.6 Å². The fraction of sp³-hybridized carbons (Fsp3) is 0.250. The summed E-state index contributed by atoms with van der Waals surface area (Å²) in [6.07, 6.45) is -4.61. The number of ether oxygens (including phenoxy) is 1. The number of imide groups is 1. The van der Waals surface area contributed by atoms with E-state index in [1.54, 1.807) is 24.3 Å². The van der Waals surface area contributed by atoms with E-state index in [4.69, 9.17) is 16.3 Å². The summed E-state index contributed by atoms with van der Waals surface area (Å²) in [6, 6.07) is 8.91. The fourth-order valence-electron chi connectivity index (χ4n) is 3.73. The lowest BCUT2D eigenvalue weighted by Crippen LogP contribution is -2.48. The molecule has 1 unspecified atom stereocenters. The minimum Gasteiger partial charge on any atom is -0.493 e. The maximum Gasteiger partial charge on any atom is 0.418 e. The highest BCUT2D eigenvalue weighted by Crippen LogP contribution is 2.41. The van der Waals surface area contributed by atoms with Gasteiger partial charge in [-0.2, -0.15) is 13.2 Å². The topological polar surface area (TPSA) is 87.7 Å².